The van der Waals surface area contributed by atoms with Gasteiger partial charge < -0.3 is 14.8 Å². The molecule has 130 valence electrons. The Kier molecular flexibility index (Phi) is 3.91. The molecule has 2 aliphatic rings. The van der Waals surface area contributed by atoms with Gasteiger partial charge in [0.05, 0.1) is 0 Å². The average molecular weight is 337 g/mol. The van der Waals surface area contributed by atoms with E-state index in [0.29, 0.717) is 18.2 Å². The minimum absolute atomic E-state index is 0.00600. The van der Waals surface area contributed by atoms with E-state index >= 15 is 0 Å². The van der Waals surface area contributed by atoms with Crippen LogP contribution in [0.4, 0.5) is 0 Å². The highest BCUT2D eigenvalue weighted by Crippen LogP contribution is 2.41. The molecule has 4 nitrogen and oxygen atoms in total. The molecule has 1 aliphatic carbocycles. The third-order valence-corrected chi connectivity index (χ3v) is 4.58. The van der Waals surface area contributed by atoms with Crippen LogP contribution in [-0.4, -0.2) is 17.6 Å². The van der Waals surface area contributed by atoms with Crippen molar-refractivity contribution in [1.82, 2.24) is 5.32 Å². The summed E-state index contributed by atoms with van der Waals surface area (Å²) in [6.45, 7) is 4.62. The van der Waals surface area contributed by atoms with E-state index in [1.54, 1.807) is 0 Å². The summed E-state index contributed by atoms with van der Waals surface area (Å²) in [5.74, 6) is 1.64. The van der Waals surface area contributed by atoms with Gasteiger partial charge in [0.15, 0.2) is 11.5 Å². The second-order valence-corrected chi connectivity index (χ2v) is 7.52. The van der Waals surface area contributed by atoms with Gasteiger partial charge in [-0.25, -0.2) is 0 Å². The number of hydrogen-bond donors (Lipinski definition) is 1. The van der Waals surface area contributed by atoms with Crippen LogP contribution in [0.2, 0.25) is 0 Å². The zero-order valence-corrected chi connectivity index (χ0v) is 14.7. The van der Waals surface area contributed by atoms with Gasteiger partial charge in [0.25, 0.3) is 5.91 Å². The zero-order valence-electron chi connectivity index (χ0n) is 14.7. The van der Waals surface area contributed by atoms with Crippen molar-refractivity contribution in [2.75, 3.05) is 0 Å². The van der Waals surface area contributed by atoms with E-state index in [0.717, 1.165) is 36.3 Å². The number of hydrogen-bond acceptors (Lipinski definition) is 3. The fourth-order valence-electron chi connectivity index (χ4n) is 3.11. The molecule has 0 bridgehead atoms. The molecule has 4 rings (SSSR count). The van der Waals surface area contributed by atoms with Gasteiger partial charge in [-0.15, -0.1) is 0 Å². The van der Waals surface area contributed by atoms with Crippen LogP contribution in [0.3, 0.4) is 0 Å². The first-order valence-electron chi connectivity index (χ1n) is 8.84. The number of nitrogens with one attached hydrogen (secondary N) is 1. The number of fused-ring (bicyclic) bond motifs is 1. The highest BCUT2D eigenvalue weighted by molar-refractivity contribution is 5.94. The van der Waals surface area contributed by atoms with Crippen molar-refractivity contribution in [2.24, 2.45) is 0 Å². The molecule has 1 aliphatic heterocycles. The Balaban J connectivity index is 1.41. The molecule has 25 heavy (non-hydrogen) atoms. The third kappa shape index (κ3) is 3.63. The Bertz CT molecular complexity index is 791. The predicted molar refractivity (Wildman–Crippen MR) is 96.1 cm³/mol. The van der Waals surface area contributed by atoms with E-state index in [9.17, 15) is 4.79 Å². The fourth-order valence-corrected chi connectivity index (χ4v) is 3.11. The standard InChI is InChI=1S/C21H23NO3/c1-21(2)12-16-4-3-5-18(19(16)25-21)24-13-14-6-8-15(9-7-14)20(23)22-17-10-11-17/h3-9,17H,10-13H2,1-2H3,(H,22,23). The molecule has 0 atom stereocenters. The summed E-state index contributed by atoms with van der Waals surface area (Å²) in [6, 6.07) is 14.0. The molecule has 0 aromatic heterocycles. The summed E-state index contributed by atoms with van der Waals surface area (Å²) < 4.78 is 12.0. The largest absolute Gasteiger partial charge is 0.485 e. The first-order chi connectivity index (χ1) is 12.0. The molecule has 1 saturated carbocycles. The third-order valence-electron chi connectivity index (χ3n) is 4.58. The molecular formula is C21H23NO3. The fraction of sp³-hybridized carbons (Fsp3) is 0.381. The number of amides is 1. The van der Waals surface area contributed by atoms with Crippen LogP contribution < -0.4 is 14.8 Å². The summed E-state index contributed by atoms with van der Waals surface area (Å²) in [4.78, 5) is 12.0. The van der Waals surface area contributed by atoms with Crippen LogP contribution in [0.5, 0.6) is 11.5 Å². The lowest BCUT2D eigenvalue weighted by Gasteiger charge is -2.18. The predicted octanol–water partition coefficient (Wildman–Crippen LogP) is 3.87. The minimum Gasteiger partial charge on any atom is -0.485 e. The van der Waals surface area contributed by atoms with Crippen LogP contribution in [0, 0.1) is 0 Å². The maximum Gasteiger partial charge on any atom is 0.251 e. The van der Waals surface area contributed by atoms with Crippen LogP contribution in [0.1, 0.15) is 48.2 Å². The Morgan fingerprint density at radius 3 is 2.68 bits per heavy atom. The summed E-state index contributed by atoms with van der Waals surface area (Å²) in [7, 11) is 0. The first kappa shape index (κ1) is 16.0. The normalized spacial score (nSPS) is 17.5. The number of ether oxygens (including phenoxy) is 2. The van der Waals surface area contributed by atoms with Crippen molar-refractivity contribution in [3.63, 3.8) is 0 Å². The number of carbonyl (C=O) groups excluding carboxylic acids is 1. The minimum atomic E-state index is -0.182. The van der Waals surface area contributed by atoms with E-state index in [4.69, 9.17) is 9.47 Å². The van der Waals surface area contributed by atoms with E-state index in [1.807, 2.05) is 36.4 Å². The summed E-state index contributed by atoms with van der Waals surface area (Å²) in [5, 5.41) is 3.00. The van der Waals surface area contributed by atoms with E-state index < -0.39 is 0 Å². The van der Waals surface area contributed by atoms with Gasteiger partial charge in [0.1, 0.15) is 12.2 Å². The molecule has 2 aromatic carbocycles. The zero-order chi connectivity index (χ0) is 17.4. The van der Waals surface area contributed by atoms with Crippen molar-refractivity contribution >= 4 is 5.91 Å². The molecule has 4 heteroatoms. The van der Waals surface area contributed by atoms with Crippen molar-refractivity contribution < 1.29 is 14.3 Å². The van der Waals surface area contributed by atoms with Crippen LogP contribution >= 0.6 is 0 Å². The lowest BCUT2D eigenvalue weighted by Crippen LogP contribution is -2.25. The lowest BCUT2D eigenvalue weighted by molar-refractivity contribution is 0.0951. The summed E-state index contributed by atoms with van der Waals surface area (Å²) >= 11 is 0. The van der Waals surface area contributed by atoms with E-state index in [-0.39, 0.29) is 11.5 Å². The van der Waals surface area contributed by atoms with Gasteiger partial charge in [0.2, 0.25) is 0 Å². The van der Waals surface area contributed by atoms with E-state index in [2.05, 4.69) is 25.2 Å². The van der Waals surface area contributed by atoms with Gasteiger partial charge >= 0.3 is 0 Å². The molecular weight excluding hydrogens is 314 g/mol. The second kappa shape index (κ2) is 6.10. The molecule has 0 unspecified atom stereocenters. The molecule has 0 radical (unpaired) electrons. The lowest BCUT2D eigenvalue weighted by atomic mass is 10.0. The molecule has 0 spiro atoms. The second-order valence-electron chi connectivity index (χ2n) is 7.52. The topological polar surface area (TPSA) is 47.6 Å². The number of rotatable bonds is 5. The quantitative estimate of drug-likeness (QED) is 0.901. The van der Waals surface area contributed by atoms with Gasteiger partial charge in [-0.2, -0.15) is 0 Å². The Morgan fingerprint density at radius 2 is 1.96 bits per heavy atom. The van der Waals surface area contributed by atoms with Crippen LogP contribution in [0.15, 0.2) is 42.5 Å². The molecule has 1 heterocycles. The number of benzene rings is 2. The maximum absolute atomic E-state index is 12.0. The van der Waals surface area contributed by atoms with Crippen molar-refractivity contribution in [2.45, 2.75) is 51.4 Å². The van der Waals surface area contributed by atoms with Gasteiger partial charge in [-0.3, -0.25) is 4.79 Å². The smallest absolute Gasteiger partial charge is 0.251 e. The molecule has 2 aromatic rings. The molecule has 1 amide bonds. The van der Waals surface area contributed by atoms with Gasteiger partial charge in [-0.05, 0) is 50.5 Å². The van der Waals surface area contributed by atoms with Crippen molar-refractivity contribution in [1.29, 1.82) is 0 Å². The SMILES string of the molecule is CC1(C)Cc2cccc(OCc3ccc(C(=O)NC4CC4)cc3)c2O1. The highest BCUT2D eigenvalue weighted by atomic mass is 16.5. The Morgan fingerprint density at radius 1 is 1.20 bits per heavy atom. The van der Waals surface area contributed by atoms with Gasteiger partial charge in [-0.1, -0.05) is 24.3 Å². The Hall–Kier alpha value is -2.49. The van der Waals surface area contributed by atoms with E-state index in [1.165, 1.54) is 5.56 Å². The highest BCUT2D eigenvalue weighted by Gasteiger charge is 2.32. The molecule has 0 saturated heterocycles. The van der Waals surface area contributed by atoms with Gasteiger partial charge in [0, 0.05) is 23.6 Å². The molecule has 1 N–H and O–H groups in total. The number of carbonyl (C=O) groups is 1. The maximum atomic E-state index is 12.0. The van der Waals surface area contributed by atoms with Crippen molar-refractivity contribution in [3.8, 4) is 11.5 Å². The monoisotopic (exact) mass is 337 g/mol. The van der Waals surface area contributed by atoms with Crippen molar-refractivity contribution in [3.05, 3.63) is 59.2 Å². The Labute approximate surface area is 148 Å². The number of para-hydroxylation sites is 1. The average Bonchev–Trinajstić information content (AvgIpc) is 3.33. The van der Waals surface area contributed by atoms with Crippen LogP contribution in [0.25, 0.3) is 0 Å². The summed E-state index contributed by atoms with van der Waals surface area (Å²) in [5.41, 5.74) is 2.73. The van der Waals surface area contributed by atoms with Crippen LogP contribution in [-0.2, 0) is 13.0 Å². The first-order valence-corrected chi connectivity index (χ1v) is 8.84. The molecule has 1 fully saturated rings. The summed E-state index contributed by atoms with van der Waals surface area (Å²) in [6.07, 6.45) is 3.08.